The van der Waals surface area contributed by atoms with Gasteiger partial charge in [0.2, 0.25) is 0 Å². The first-order valence-corrected chi connectivity index (χ1v) is 6.36. The second kappa shape index (κ2) is 5.86. The van der Waals surface area contributed by atoms with Gasteiger partial charge >= 0.3 is 12.0 Å². The molecule has 0 bridgehead atoms. The normalized spacial score (nSPS) is 11.2. The Morgan fingerprint density at radius 1 is 1.29 bits per heavy atom. The molecule has 0 radical (unpaired) electrons. The minimum absolute atomic E-state index is 0.00127. The molecule has 0 N–H and O–H groups in total. The quantitative estimate of drug-likeness (QED) is 0.778. The first kappa shape index (κ1) is 14.9. The van der Waals surface area contributed by atoms with Gasteiger partial charge in [-0.1, -0.05) is 5.21 Å². The molecule has 2 aromatic rings. The molecule has 0 saturated heterocycles. The molecule has 0 aliphatic rings. The lowest BCUT2D eigenvalue weighted by Gasteiger charge is -2.19. The third-order valence-electron chi connectivity index (χ3n) is 2.36. The molecule has 0 aliphatic carbocycles. The maximum atomic E-state index is 11.7. The van der Waals surface area contributed by atoms with E-state index >= 15 is 0 Å². The Labute approximate surface area is 122 Å². The van der Waals surface area contributed by atoms with E-state index in [0.29, 0.717) is 11.3 Å². The van der Waals surface area contributed by atoms with E-state index in [1.165, 1.54) is 11.8 Å². The van der Waals surface area contributed by atoms with Crippen LogP contribution in [0.15, 0.2) is 18.6 Å². The average Bonchev–Trinajstić information content (AvgIpc) is 2.85. The zero-order valence-corrected chi connectivity index (χ0v) is 12.4. The topological polar surface area (TPSA) is 92.0 Å². The van der Waals surface area contributed by atoms with Gasteiger partial charge < -0.3 is 9.47 Å². The van der Waals surface area contributed by atoms with Crippen molar-refractivity contribution in [3.05, 3.63) is 18.6 Å². The predicted octanol–water partition coefficient (Wildman–Crippen LogP) is 1.09. The number of nitrogens with zero attached hydrogens (tertiary/aromatic N) is 5. The zero-order chi connectivity index (χ0) is 15.5. The van der Waals surface area contributed by atoms with Crippen molar-refractivity contribution in [2.75, 3.05) is 7.11 Å². The Hall–Kier alpha value is -2.51. The Bertz CT molecular complexity index is 615. The van der Waals surface area contributed by atoms with Crippen LogP contribution in [0.1, 0.15) is 20.8 Å². The number of rotatable bonds is 4. The van der Waals surface area contributed by atoms with E-state index in [1.54, 1.807) is 18.6 Å². The molecule has 8 nitrogen and oxygen atoms in total. The molecule has 0 atom stereocenters. The van der Waals surface area contributed by atoms with Crippen LogP contribution in [0.4, 0.5) is 0 Å². The molecule has 0 unspecified atom stereocenters. The molecule has 2 rings (SSSR count). The minimum atomic E-state index is -0.523. The second-order valence-corrected chi connectivity index (χ2v) is 5.35. The van der Waals surface area contributed by atoms with Gasteiger partial charge in [0, 0.05) is 18.0 Å². The second-order valence-electron chi connectivity index (χ2n) is 5.35. The lowest BCUT2D eigenvalue weighted by Crippen LogP contribution is -2.26. The molecule has 0 aromatic carbocycles. The number of carbonyl (C=O) groups excluding carboxylic acids is 1. The molecule has 8 heteroatoms. The third-order valence-corrected chi connectivity index (χ3v) is 2.36. The van der Waals surface area contributed by atoms with Gasteiger partial charge in [0.05, 0.1) is 13.3 Å². The molecule has 21 heavy (non-hydrogen) atoms. The van der Waals surface area contributed by atoms with Crippen molar-refractivity contribution in [3.8, 4) is 17.3 Å². The molecule has 112 valence electrons. The van der Waals surface area contributed by atoms with Crippen LogP contribution < -0.4 is 4.74 Å². The van der Waals surface area contributed by atoms with Crippen LogP contribution >= 0.6 is 0 Å². The number of esters is 1. The van der Waals surface area contributed by atoms with Crippen LogP contribution in [-0.2, 0) is 16.1 Å². The standard InChI is InChI=1S/C13H17N5O3/c1-13(2,3)21-11(19)8-18-7-10(16-17-18)9-5-14-12(20-4)15-6-9/h5-7H,8H2,1-4H3. The van der Waals surface area contributed by atoms with Crippen molar-refractivity contribution in [2.45, 2.75) is 32.9 Å². The van der Waals surface area contributed by atoms with E-state index in [1.807, 2.05) is 20.8 Å². The maximum Gasteiger partial charge on any atom is 0.328 e. The summed E-state index contributed by atoms with van der Waals surface area (Å²) in [6.07, 6.45) is 4.79. The fourth-order valence-corrected chi connectivity index (χ4v) is 1.57. The van der Waals surface area contributed by atoms with Crippen molar-refractivity contribution in [3.63, 3.8) is 0 Å². The highest BCUT2D eigenvalue weighted by molar-refractivity contribution is 5.69. The van der Waals surface area contributed by atoms with Crippen LogP contribution in [-0.4, -0.2) is 43.6 Å². The molecule has 2 aromatic heterocycles. The number of aromatic nitrogens is 5. The van der Waals surface area contributed by atoms with Gasteiger partial charge in [-0.05, 0) is 20.8 Å². The SMILES string of the molecule is COc1ncc(-c2cn(CC(=O)OC(C)(C)C)nn2)cn1. The van der Waals surface area contributed by atoms with Crippen molar-refractivity contribution in [2.24, 2.45) is 0 Å². The predicted molar refractivity (Wildman–Crippen MR) is 73.4 cm³/mol. The van der Waals surface area contributed by atoms with Crippen molar-refractivity contribution < 1.29 is 14.3 Å². The van der Waals surface area contributed by atoms with Gasteiger partial charge in [0.15, 0.2) is 0 Å². The van der Waals surface area contributed by atoms with E-state index in [4.69, 9.17) is 9.47 Å². The lowest BCUT2D eigenvalue weighted by molar-refractivity contribution is -0.155. The van der Waals surface area contributed by atoms with Gasteiger partial charge in [0.25, 0.3) is 0 Å². The third kappa shape index (κ3) is 4.23. The molecular weight excluding hydrogens is 274 g/mol. The summed E-state index contributed by atoms with van der Waals surface area (Å²) >= 11 is 0. The van der Waals surface area contributed by atoms with Gasteiger partial charge in [-0.25, -0.2) is 14.6 Å². The summed E-state index contributed by atoms with van der Waals surface area (Å²) in [6, 6.07) is 0.278. The molecule has 0 spiro atoms. The van der Waals surface area contributed by atoms with Gasteiger partial charge in [-0.2, -0.15) is 0 Å². The van der Waals surface area contributed by atoms with Crippen LogP contribution in [0.5, 0.6) is 6.01 Å². The van der Waals surface area contributed by atoms with E-state index in [2.05, 4.69) is 20.3 Å². The lowest BCUT2D eigenvalue weighted by atomic mass is 10.2. The monoisotopic (exact) mass is 291 g/mol. The number of methoxy groups -OCH3 is 1. The summed E-state index contributed by atoms with van der Waals surface area (Å²) < 4.78 is 11.5. The number of hydrogen-bond acceptors (Lipinski definition) is 7. The van der Waals surface area contributed by atoms with E-state index in [-0.39, 0.29) is 18.5 Å². The van der Waals surface area contributed by atoms with Gasteiger partial charge in [-0.15, -0.1) is 5.10 Å². The summed E-state index contributed by atoms with van der Waals surface area (Å²) in [5.41, 5.74) is 0.733. The minimum Gasteiger partial charge on any atom is -0.467 e. The van der Waals surface area contributed by atoms with Crippen molar-refractivity contribution >= 4 is 5.97 Å². The first-order chi connectivity index (χ1) is 9.87. The molecular formula is C13H17N5O3. The number of ether oxygens (including phenoxy) is 2. The molecule has 0 fully saturated rings. The smallest absolute Gasteiger partial charge is 0.328 e. The van der Waals surface area contributed by atoms with Crippen LogP contribution in [0.2, 0.25) is 0 Å². The van der Waals surface area contributed by atoms with Crippen LogP contribution in [0.3, 0.4) is 0 Å². The fourth-order valence-electron chi connectivity index (χ4n) is 1.57. The van der Waals surface area contributed by atoms with Crippen molar-refractivity contribution in [1.82, 2.24) is 25.0 Å². The van der Waals surface area contributed by atoms with Gasteiger partial charge in [0.1, 0.15) is 17.8 Å². The van der Waals surface area contributed by atoms with Crippen LogP contribution in [0, 0.1) is 0 Å². The summed E-state index contributed by atoms with van der Waals surface area (Å²) in [5.74, 6) is -0.370. The Kier molecular flexibility index (Phi) is 4.15. The molecule has 2 heterocycles. The summed E-state index contributed by atoms with van der Waals surface area (Å²) in [5, 5.41) is 7.86. The molecule has 0 saturated carbocycles. The van der Waals surface area contributed by atoms with Gasteiger partial charge in [-0.3, -0.25) is 4.79 Å². The van der Waals surface area contributed by atoms with E-state index in [9.17, 15) is 4.79 Å². The number of carbonyl (C=O) groups is 1. The highest BCUT2D eigenvalue weighted by Gasteiger charge is 2.17. The molecule has 0 amide bonds. The zero-order valence-electron chi connectivity index (χ0n) is 12.4. The summed E-state index contributed by atoms with van der Waals surface area (Å²) in [6.45, 7) is 5.44. The largest absolute Gasteiger partial charge is 0.467 e. The maximum absolute atomic E-state index is 11.7. The Morgan fingerprint density at radius 3 is 2.52 bits per heavy atom. The summed E-state index contributed by atoms with van der Waals surface area (Å²) in [7, 11) is 1.49. The Morgan fingerprint density at radius 2 is 1.95 bits per heavy atom. The average molecular weight is 291 g/mol. The number of hydrogen-bond donors (Lipinski definition) is 0. The summed E-state index contributed by atoms with van der Waals surface area (Å²) in [4.78, 5) is 19.7. The highest BCUT2D eigenvalue weighted by Crippen LogP contribution is 2.15. The highest BCUT2D eigenvalue weighted by atomic mass is 16.6. The Balaban J connectivity index is 2.05. The van der Waals surface area contributed by atoms with Crippen molar-refractivity contribution in [1.29, 1.82) is 0 Å². The van der Waals surface area contributed by atoms with Crippen LogP contribution in [0.25, 0.3) is 11.3 Å². The first-order valence-electron chi connectivity index (χ1n) is 6.36. The fraction of sp³-hybridized carbons (Fsp3) is 0.462. The van der Waals surface area contributed by atoms with E-state index < -0.39 is 5.60 Å². The van der Waals surface area contributed by atoms with E-state index in [0.717, 1.165) is 0 Å². The molecule has 0 aliphatic heterocycles.